The topological polar surface area (TPSA) is 89.0 Å². The summed E-state index contributed by atoms with van der Waals surface area (Å²) in [5.41, 5.74) is 1.44. The lowest BCUT2D eigenvalue weighted by atomic mass is 10.1. The van der Waals surface area contributed by atoms with Crippen LogP contribution in [0.25, 0.3) is 0 Å². The fourth-order valence-corrected chi connectivity index (χ4v) is 4.31. The first-order chi connectivity index (χ1) is 16.2. The molecule has 1 atom stereocenters. The third-order valence-corrected chi connectivity index (χ3v) is 6.19. The predicted octanol–water partition coefficient (Wildman–Crippen LogP) is 2.84. The van der Waals surface area contributed by atoms with Gasteiger partial charge in [-0.05, 0) is 30.2 Å². The maximum Gasteiger partial charge on any atom is 0.417 e. The maximum atomic E-state index is 12.9. The number of carboxylic acid groups (broad SMARTS) is 1. The first kappa shape index (κ1) is 23.7. The molecule has 8 nitrogen and oxygen atoms in total. The molecule has 1 aromatic heterocycles. The van der Waals surface area contributed by atoms with Gasteiger partial charge in [-0.2, -0.15) is 13.2 Å². The number of nitrogens with zero attached hydrogens (tertiary/aromatic N) is 4. The second kappa shape index (κ2) is 9.78. The van der Waals surface area contributed by atoms with E-state index in [4.69, 9.17) is 5.11 Å². The minimum atomic E-state index is -4.45. The highest BCUT2D eigenvalue weighted by atomic mass is 19.4. The summed E-state index contributed by atoms with van der Waals surface area (Å²) in [6.45, 7) is 3.11. The van der Waals surface area contributed by atoms with Gasteiger partial charge >= 0.3 is 12.3 Å². The number of anilines is 2. The molecular weight excluding hydrogens is 451 g/mol. The molecule has 2 N–H and O–H groups in total. The molecule has 3 heterocycles. The van der Waals surface area contributed by atoms with Gasteiger partial charge in [0, 0.05) is 57.2 Å². The van der Waals surface area contributed by atoms with E-state index in [-0.39, 0.29) is 18.4 Å². The molecule has 2 amide bonds. The van der Waals surface area contributed by atoms with Crippen LogP contribution in [0.1, 0.15) is 17.5 Å². The Morgan fingerprint density at radius 1 is 1.00 bits per heavy atom. The lowest BCUT2D eigenvalue weighted by Crippen LogP contribution is -2.48. The molecule has 0 bridgehead atoms. The highest BCUT2D eigenvalue weighted by Gasteiger charge is 2.32. The average Bonchev–Trinajstić information content (AvgIpc) is 3.27. The van der Waals surface area contributed by atoms with E-state index in [0.29, 0.717) is 51.4 Å². The van der Waals surface area contributed by atoms with E-state index in [1.807, 2.05) is 24.3 Å². The number of nitrogens with one attached hydrogen (secondary N) is 1. The zero-order valence-electron chi connectivity index (χ0n) is 18.5. The Hall–Kier alpha value is -3.50. The number of hydrogen-bond donors (Lipinski definition) is 2. The van der Waals surface area contributed by atoms with Gasteiger partial charge in [-0.3, -0.25) is 9.78 Å². The summed E-state index contributed by atoms with van der Waals surface area (Å²) in [4.78, 5) is 32.6. The Labute approximate surface area is 195 Å². The number of benzene rings is 1. The van der Waals surface area contributed by atoms with Gasteiger partial charge in [0.1, 0.15) is 0 Å². The standard InChI is InChI=1S/C23H26F3N5O3/c24-23(25,26)17-12-20(14-27-13-17)31-6-5-18(15-31)28-21(32)11-16-1-3-19(4-2-16)29-7-9-30(10-8-29)22(33)34/h1-4,12-14,18H,5-11,15H2,(H,28,32)(H,33,34)/t18-/m1/s1. The number of hydrogen-bond acceptors (Lipinski definition) is 5. The van der Waals surface area contributed by atoms with E-state index in [1.54, 1.807) is 4.90 Å². The van der Waals surface area contributed by atoms with Gasteiger partial charge in [0.25, 0.3) is 0 Å². The monoisotopic (exact) mass is 477 g/mol. The Bertz CT molecular complexity index is 1020. The van der Waals surface area contributed by atoms with Crippen LogP contribution >= 0.6 is 0 Å². The van der Waals surface area contributed by atoms with Crippen LogP contribution in [0.2, 0.25) is 0 Å². The molecule has 0 saturated carbocycles. The number of pyridine rings is 1. The Morgan fingerprint density at radius 3 is 2.35 bits per heavy atom. The molecule has 2 saturated heterocycles. The summed E-state index contributed by atoms with van der Waals surface area (Å²) in [5.74, 6) is -0.142. The van der Waals surface area contributed by atoms with Crippen molar-refractivity contribution in [2.75, 3.05) is 49.1 Å². The second-order valence-electron chi connectivity index (χ2n) is 8.53. The van der Waals surface area contributed by atoms with Crippen molar-refractivity contribution in [1.29, 1.82) is 0 Å². The Balaban J connectivity index is 1.26. The van der Waals surface area contributed by atoms with Crippen molar-refractivity contribution in [2.24, 2.45) is 0 Å². The number of piperazine rings is 1. The van der Waals surface area contributed by atoms with Crippen molar-refractivity contribution in [3.8, 4) is 0 Å². The van der Waals surface area contributed by atoms with Crippen molar-refractivity contribution in [1.82, 2.24) is 15.2 Å². The van der Waals surface area contributed by atoms with Crippen LogP contribution in [0.15, 0.2) is 42.7 Å². The molecule has 182 valence electrons. The van der Waals surface area contributed by atoms with Crippen LogP contribution in [0.3, 0.4) is 0 Å². The minimum absolute atomic E-state index is 0.142. The summed E-state index contributed by atoms with van der Waals surface area (Å²) in [5, 5.41) is 12.0. The molecule has 1 aromatic carbocycles. The fourth-order valence-electron chi connectivity index (χ4n) is 4.31. The lowest BCUT2D eigenvalue weighted by molar-refractivity contribution is -0.137. The molecule has 34 heavy (non-hydrogen) atoms. The zero-order valence-corrected chi connectivity index (χ0v) is 18.5. The van der Waals surface area contributed by atoms with E-state index in [1.165, 1.54) is 11.1 Å². The molecule has 2 aliphatic heterocycles. The van der Waals surface area contributed by atoms with Crippen molar-refractivity contribution in [2.45, 2.75) is 25.1 Å². The Kier molecular flexibility index (Phi) is 6.80. The highest BCUT2D eigenvalue weighted by molar-refractivity contribution is 5.79. The molecular formula is C23H26F3N5O3. The maximum absolute atomic E-state index is 12.9. The lowest BCUT2D eigenvalue weighted by Gasteiger charge is -2.34. The molecule has 2 aliphatic rings. The van der Waals surface area contributed by atoms with Gasteiger partial charge in [-0.25, -0.2) is 4.79 Å². The number of halogens is 3. The third kappa shape index (κ3) is 5.70. The van der Waals surface area contributed by atoms with Gasteiger partial charge in [-0.15, -0.1) is 0 Å². The molecule has 0 radical (unpaired) electrons. The van der Waals surface area contributed by atoms with Crippen molar-refractivity contribution in [3.63, 3.8) is 0 Å². The molecule has 0 aliphatic carbocycles. The number of carbonyl (C=O) groups excluding carboxylic acids is 1. The van der Waals surface area contributed by atoms with E-state index < -0.39 is 17.8 Å². The van der Waals surface area contributed by atoms with E-state index in [2.05, 4.69) is 15.2 Å². The van der Waals surface area contributed by atoms with Crippen molar-refractivity contribution in [3.05, 3.63) is 53.9 Å². The van der Waals surface area contributed by atoms with Gasteiger partial charge in [-0.1, -0.05) is 12.1 Å². The third-order valence-electron chi connectivity index (χ3n) is 6.19. The van der Waals surface area contributed by atoms with Crippen LogP contribution in [0.4, 0.5) is 29.3 Å². The predicted molar refractivity (Wildman–Crippen MR) is 120 cm³/mol. The molecule has 2 fully saturated rings. The highest BCUT2D eigenvalue weighted by Crippen LogP contribution is 2.31. The first-order valence-electron chi connectivity index (χ1n) is 11.1. The van der Waals surface area contributed by atoms with Gasteiger partial charge in [0.05, 0.1) is 23.9 Å². The van der Waals surface area contributed by atoms with E-state index in [9.17, 15) is 22.8 Å². The van der Waals surface area contributed by atoms with Crippen LogP contribution in [-0.4, -0.2) is 72.3 Å². The minimum Gasteiger partial charge on any atom is -0.465 e. The second-order valence-corrected chi connectivity index (χ2v) is 8.53. The SMILES string of the molecule is O=C(Cc1ccc(N2CCN(C(=O)O)CC2)cc1)N[C@@H]1CCN(c2cncc(C(F)(F)F)c2)C1. The quantitative estimate of drug-likeness (QED) is 0.689. The average molecular weight is 477 g/mol. The van der Waals surface area contributed by atoms with Crippen LogP contribution in [-0.2, 0) is 17.4 Å². The van der Waals surface area contributed by atoms with E-state index >= 15 is 0 Å². The van der Waals surface area contributed by atoms with Gasteiger partial charge < -0.3 is 25.1 Å². The normalized spacial score (nSPS) is 18.8. The largest absolute Gasteiger partial charge is 0.465 e. The number of aromatic nitrogens is 1. The molecule has 4 rings (SSSR count). The van der Waals surface area contributed by atoms with Crippen molar-refractivity contribution >= 4 is 23.4 Å². The number of amides is 2. The summed E-state index contributed by atoms with van der Waals surface area (Å²) in [7, 11) is 0. The number of carbonyl (C=O) groups is 2. The summed E-state index contributed by atoms with van der Waals surface area (Å²) in [6.07, 6.45) is -2.29. The number of rotatable bonds is 5. The van der Waals surface area contributed by atoms with Crippen LogP contribution in [0.5, 0.6) is 0 Å². The fraction of sp³-hybridized carbons (Fsp3) is 0.435. The van der Waals surface area contributed by atoms with E-state index in [0.717, 1.165) is 23.5 Å². The summed E-state index contributed by atoms with van der Waals surface area (Å²) < 4.78 is 38.8. The first-order valence-corrected chi connectivity index (χ1v) is 11.1. The molecule has 2 aromatic rings. The molecule has 0 unspecified atom stereocenters. The van der Waals surface area contributed by atoms with Crippen LogP contribution in [0, 0.1) is 0 Å². The van der Waals surface area contributed by atoms with Crippen molar-refractivity contribution < 1.29 is 27.9 Å². The Morgan fingerprint density at radius 2 is 1.71 bits per heavy atom. The molecule has 0 spiro atoms. The van der Waals surface area contributed by atoms with Crippen LogP contribution < -0.4 is 15.1 Å². The van der Waals surface area contributed by atoms with Gasteiger partial charge in [0.15, 0.2) is 0 Å². The smallest absolute Gasteiger partial charge is 0.417 e. The molecule has 11 heteroatoms. The summed E-state index contributed by atoms with van der Waals surface area (Å²) in [6, 6.07) is 8.56. The number of alkyl halides is 3. The summed E-state index contributed by atoms with van der Waals surface area (Å²) >= 11 is 0. The van der Waals surface area contributed by atoms with Gasteiger partial charge in [0.2, 0.25) is 5.91 Å². The zero-order chi connectivity index (χ0) is 24.3.